The Bertz CT molecular complexity index is 223. The van der Waals surface area contributed by atoms with Gasteiger partial charge in [0.15, 0.2) is 0 Å². The number of hydrogen-bond donors (Lipinski definition) is 1. The van der Waals surface area contributed by atoms with E-state index in [9.17, 15) is 4.79 Å². The van der Waals surface area contributed by atoms with Crippen LogP contribution >= 0.6 is 0 Å². The Morgan fingerprint density at radius 2 is 2.42 bits per heavy atom. The Kier molecular flexibility index (Phi) is 2.02. The van der Waals surface area contributed by atoms with Crippen LogP contribution in [0.2, 0.25) is 0 Å². The first kappa shape index (κ1) is 7.65. The van der Waals surface area contributed by atoms with E-state index in [-0.39, 0.29) is 12.1 Å². The Morgan fingerprint density at radius 3 is 3.00 bits per heavy atom. The molecule has 2 aliphatic rings. The van der Waals surface area contributed by atoms with Crippen LogP contribution in [0.4, 0.5) is 4.79 Å². The average molecular weight is 167 g/mol. The SMILES string of the molecule is O=C1NC(C2=CCCCC2)CO1. The normalized spacial score (nSPS) is 29.2. The number of rotatable bonds is 1. The van der Waals surface area contributed by atoms with Gasteiger partial charge in [-0.1, -0.05) is 6.08 Å². The van der Waals surface area contributed by atoms with Crippen molar-refractivity contribution in [2.24, 2.45) is 0 Å². The maximum Gasteiger partial charge on any atom is 0.407 e. The van der Waals surface area contributed by atoms with Gasteiger partial charge in [0.1, 0.15) is 6.61 Å². The molecule has 12 heavy (non-hydrogen) atoms. The van der Waals surface area contributed by atoms with E-state index in [1.54, 1.807) is 0 Å². The summed E-state index contributed by atoms with van der Waals surface area (Å²) in [5, 5.41) is 2.79. The predicted octanol–water partition coefficient (Wildman–Crippen LogP) is 1.60. The molecule has 1 heterocycles. The first-order valence-electron chi connectivity index (χ1n) is 4.48. The van der Waals surface area contributed by atoms with E-state index in [1.165, 1.54) is 18.4 Å². The number of nitrogens with one attached hydrogen (secondary N) is 1. The highest BCUT2D eigenvalue weighted by Gasteiger charge is 2.25. The highest BCUT2D eigenvalue weighted by Crippen LogP contribution is 2.22. The second kappa shape index (κ2) is 3.17. The third-order valence-corrected chi connectivity index (χ3v) is 2.45. The standard InChI is InChI=1S/C9H13NO2/c11-9-10-8(6-12-9)7-4-2-1-3-5-7/h4,8H,1-3,5-6H2,(H,10,11). The molecule has 1 amide bonds. The molecule has 0 radical (unpaired) electrons. The maximum atomic E-state index is 10.7. The van der Waals surface area contributed by atoms with Crippen molar-refractivity contribution in [2.45, 2.75) is 31.7 Å². The Morgan fingerprint density at radius 1 is 1.50 bits per heavy atom. The summed E-state index contributed by atoms with van der Waals surface area (Å²) in [6.45, 7) is 0.519. The molecule has 1 unspecified atom stereocenters. The number of amides is 1. The molecular weight excluding hydrogens is 154 g/mol. The van der Waals surface area contributed by atoms with Crippen molar-refractivity contribution in [3.05, 3.63) is 11.6 Å². The molecule has 0 spiro atoms. The number of carbonyl (C=O) groups excluding carboxylic acids is 1. The molecule has 1 aliphatic heterocycles. The zero-order valence-corrected chi connectivity index (χ0v) is 7.01. The van der Waals surface area contributed by atoms with Crippen LogP contribution in [0.1, 0.15) is 25.7 Å². The summed E-state index contributed by atoms with van der Waals surface area (Å²) in [5.74, 6) is 0. The van der Waals surface area contributed by atoms with E-state index in [0.717, 1.165) is 12.8 Å². The van der Waals surface area contributed by atoms with E-state index in [4.69, 9.17) is 4.74 Å². The third kappa shape index (κ3) is 1.44. The lowest BCUT2D eigenvalue weighted by atomic mass is 9.94. The van der Waals surface area contributed by atoms with Gasteiger partial charge < -0.3 is 10.1 Å². The third-order valence-electron chi connectivity index (χ3n) is 2.45. The van der Waals surface area contributed by atoms with Crippen LogP contribution in [0, 0.1) is 0 Å². The van der Waals surface area contributed by atoms with Crippen LogP contribution in [0.15, 0.2) is 11.6 Å². The molecule has 0 saturated carbocycles. The molecule has 1 saturated heterocycles. The molecule has 1 aliphatic carbocycles. The highest BCUT2D eigenvalue weighted by atomic mass is 16.6. The molecule has 0 bridgehead atoms. The minimum Gasteiger partial charge on any atom is -0.447 e. The maximum absolute atomic E-state index is 10.7. The van der Waals surface area contributed by atoms with E-state index in [0.29, 0.717) is 6.61 Å². The van der Waals surface area contributed by atoms with Gasteiger partial charge in [-0.25, -0.2) is 4.79 Å². The fraction of sp³-hybridized carbons (Fsp3) is 0.667. The molecule has 0 aromatic carbocycles. The largest absolute Gasteiger partial charge is 0.447 e. The molecule has 0 aromatic rings. The number of carbonyl (C=O) groups is 1. The lowest BCUT2D eigenvalue weighted by molar-refractivity contribution is 0.177. The number of cyclic esters (lactones) is 1. The summed E-state index contributed by atoms with van der Waals surface area (Å²) in [7, 11) is 0. The lowest BCUT2D eigenvalue weighted by Gasteiger charge is -2.16. The Balaban J connectivity index is 1.99. The van der Waals surface area contributed by atoms with E-state index < -0.39 is 0 Å². The minimum absolute atomic E-state index is 0.165. The van der Waals surface area contributed by atoms with Crippen LogP contribution in [0.5, 0.6) is 0 Å². The summed E-state index contributed by atoms with van der Waals surface area (Å²) in [6, 6.07) is 0.165. The summed E-state index contributed by atoms with van der Waals surface area (Å²) in [4.78, 5) is 10.7. The van der Waals surface area contributed by atoms with Gasteiger partial charge >= 0.3 is 6.09 Å². The van der Waals surface area contributed by atoms with Crippen LogP contribution in [-0.2, 0) is 4.74 Å². The first-order chi connectivity index (χ1) is 5.86. The monoisotopic (exact) mass is 167 g/mol. The molecule has 3 nitrogen and oxygen atoms in total. The molecule has 0 aromatic heterocycles. The molecule has 1 atom stereocenters. The number of alkyl carbamates (subject to hydrolysis) is 1. The van der Waals surface area contributed by atoms with Crippen LogP contribution in [-0.4, -0.2) is 18.7 Å². The van der Waals surface area contributed by atoms with Crippen molar-refractivity contribution < 1.29 is 9.53 Å². The Labute approximate surface area is 71.8 Å². The van der Waals surface area contributed by atoms with Crippen LogP contribution in [0.25, 0.3) is 0 Å². The predicted molar refractivity (Wildman–Crippen MR) is 44.8 cm³/mol. The van der Waals surface area contributed by atoms with Gasteiger partial charge in [0.25, 0.3) is 0 Å². The zero-order chi connectivity index (χ0) is 8.39. The van der Waals surface area contributed by atoms with Gasteiger partial charge in [-0.3, -0.25) is 0 Å². The first-order valence-corrected chi connectivity index (χ1v) is 4.48. The fourth-order valence-corrected chi connectivity index (χ4v) is 1.76. The molecule has 1 fully saturated rings. The summed E-state index contributed by atoms with van der Waals surface area (Å²) < 4.78 is 4.83. The van der Waals surface area contributed by atoms with Crippen molar-refractivity contribution in [1.82, 2.24) is 5.32 Å². The fourth-order valence-electron chi connectivity index (χ4n) is 1.76. The van der Waals surface area contributed by atoms with Gasteiger partial charge in [0, 0.05) is 0 Å². The molecule has 1 N–H and O–H groups in total. The molecular formula is C9H13NO2. The van der Waals surface area contributed by atoms with Crippen molar-refractivity contribution in [2.75, 3.05) is 6.61 Å². The van der Waals surface area contributed by atoms with Crippen molar-refractivity contribution in [3.8, 4) is 0 Å². The van der Waals surface area contributed by atoms with Gasteiger partial charge in [-0.05, 0) is 31.3 Å². The smallest absolute Gasteiger partial charge is 0.407 e. The van der Waals surface area contributed by atoms with Gasteiger partial charge in [0.05, 0.1) is 6.04 Å². The Hall–Kier alpha value is -0.990. The van der Waals surface area contributed by atoms with Gasteiger partial charge in [-0.2, -0.15) is 0 Å². The van der Waals surface area contributed by atoms with E-state index in [2.05, 4.69) is 11.4 Å². The van der Waals surface area contributed by atoms with E-state index in [1.807, 2.05) is 0 Å². The quantitative estimate of drug-likeness (QED) is 0.602. The van der Waals surface area contributed by atoms with Crippen molar-refractivity contribution in [3.63, 3.8) is 0 Å². The molecule has 66 valence electrons. The molecule has 2 rings (SSSR count). The minimum atomic E-state index is -0.272. The van der Waals surface area contributed by atoms with E-state index >= 15 is 0 Å². The second-order valence-corrected chi connectivity index (χ2v) is 3.32. The number of allylic oxidation sites excluding steroid dienone is 1. The number of hydrogen-bond acceptors (Lipinski definition) is 2. The number of ether oxygens (including phenoxy) is 1. The lowest BCUT2D eigenvalue weighted by Crippen LogP contribution is -2.28. The van der Waals surface area contributed by atoms with Gasteiger partial charge in [-0.15, -0.1) is 0 Å². The van der Waals surface area contributed by atoms with Gasteiger partial charge in [0.2, 0.25) is 0 Å². The zero-order valence-electron chi connectivity index (χ0n) is 7.01. The summed E-state index contributed by atoms with van der Waals surface area (Å²) in [6.07, 6.45) is 6.77. The average Bonchev–Trinajstić information content (AvgIpc) is 2.54. The summed E-state index contributed by atoms with van der Waals surface area (Å²) in [5.41, 5.74) is 1.35. The summed E-state index contributed by atoms with van der Waals surface area (Å²) >= 11 is 0. The highest BCUT2D eigenvalue weighted by molar-refractivity contribution is 5.70. The topological polar surface area (TPSA) is 38.3 Å². The van der Waals surface area contributed by atoms with Crippen LogP contribution in [0.3, 0.4) is 0 Å². The van der Waals surface area contributed by atoms with Crippen molar-refractivity contribution in [1.29, 1.82) is 0 Å². The molecule has 3 heteroatoms. The van der Waals surface area contributed by atoms with Crippen molar-refractivity contribution >= 4 is 6.09 Å². The van der Waals surface area contributed by atoms with Crippen LogP contribution < -0.4 is 5.32 Å². The second-order valence-electron chi connectivity index (χ2n) is 3.32.